The summed E-state index contributed by atoms with van der Waals surface area (Å²) in [5.41, 5.74) is 4.73. The number of amides is 2. The Morgan fingerprint density at radius 1 is 1.19 bits per heavy atom. The molecule has 0 aliphatic carbocycles. The average Bonchev–Trinajstić information content (AvgIpc) is 3.65. The number of hydrogen-bond donors (Lipinski definition) is 3. The van der Waals surface area contributed by atoms with Crippen LogP contribution in [-0.4, -0.2) is 48.7 Å². The topological polar surface area (TPSA) is 113 Å². The molecule has 0 spiro atoms. The number of hydrogen-bond acceptors (Lipinski definition) is 8. The molecule has 13 heteroatoms. The Labute approximate surface area is 313 Å². The van der Waals surface area contributed by atoms with Crippen molar-refractivity contribution in [3.8, 4) is 17.2 Å². The van der Waals surface area contributed by atoms with Crippen molar-refractivity contribution in [3.05, 3.63) is 88.8 Å². The molecule has 9 nitrogen and oxygen atoms in total. The van der Waals surface area contributed by atoms with E-state index in [9.17, 15) is 14.7 Å². The van der Waals surface area contributed by atoms with Gasteiger partial charge in [-0.05, 0) is 146 Å². The van der Waals surface area contributed by atoms with Gasteiger partial charge in [0.1, 0.15) is 5.75 Å². The largest absolute Gasteiger partial charge is 0.506 e. The molecular formula is C35H33Br2IN4O5S. The normalized spacial score (nSPS) is 17.7. The summed E-state index contributed by atoms with van der Waals surface area (Å²) in [5.74, 6) is 1.23. The van der Waals surface area contributed by atoms with E-state index in [0.717, 1.165) is 50.9 Å². The van der Waals surface area contributed by atoms with Gasteiger partial charge in [0.05, 0.1) is 28.3 Å². The summed E-state index contributed by atoms with van der Waals surface area (Å²) in [6, 6.07) is 13.6. The second-order valence-corrected chi connectivity index (χ2v) is 15.6. The lowest BCUT2D eigenvalue weighted by Crippen LogP contribution is -2.47. The van der Waals surface area contributed by atoms with E-state index in [2.05, 4.69) is 70.1 Å². The Morgan fingerprint density at radius 2 is 1.98 bits per heavy atom. The number of aromatic hydroxyl groups is 1. The maximum atomic E-state index is 13.7. The minimum Gasteiger partial charge on any atom is -0.506 e. The van der Waals surface area contributed by atoms with Gasteiger partial charge in [-0.15, -0.1) is 11.3 Å². The zero-order chi connectivity index (χ0) is 34.0. The summed E-state index contributed by atoms with van der Waals surface area (Å²) < 4.78 is 14.1. The van der Waals surface area contributed by atoms with Crippen molar-refractivity contribution in [1.82, 2.24) is 10.3 Å². The fourth-order valence-electron chi connectivity index (χ4n) is 6.17. The first-order valence-electron chi connectivity index (χ1n) is 15.4. The standard InChI is InChI=1S/C35H33Br2IN4O5S/c1-35(19-31(43)41-34-39-9-12-48-34)25-18-30(29(46-2)16-21(25)7-8-40-35)47-11-4-3-10-42-28-6-5-22(38)17-23(28)24(33(42)45)13-20-14-26(36)32(44)27(37)15-20/h5-6,9,12-18,40,44H,3-4,7-8,10-11,19H2,1-2H3,(H,39,41,43). The predicted molar refractivity (Wildman–Crippen MR) is 205 cm³/mol. The molecule has 3 N–H and O–H groups in total. The predicted octanol–water partition coefficient (Wildman–Crippen LogP) is 8.12. The van der Waals surface area contributed by atoms with E-state index < -0.39 is 5.54 Å². The third kappa shape index (κ3) is 7.44. The smallest absolute Gasteiger partial charge is 0.258 e. The molecule has 3 aromatic carbocycles. The fourth-order valence-corrected chi connectivity index (χ4v) is 8.43. The number of methoxy groups -OCH3 is 1. The fraction of sp³-hybridized carbons (Fsp3) is 0.286. The van der Waals surface area contributed by atoms with Crippen molar-refractivity contribution >= 4 is 100 Å². The van der Waals surface area contributed by atoms with E-state index in [1.54, 1.807) is 25.4 Å². The molecule has 48 heavy (non-hydrogen) atoms. The highest BCUT2D eigenvalue weighted by Gasteiger charge is 2.36. The van der Waals surface area contributed by atoms with Gasteiger partial charge < -0.3 is 30.1 Å². The van der Waals surface area contributed by atoms with E-state index in [0.29, 0.717) is 50.7 Å². The number of nitrogens with zero attached hydrogens (tertiary/aromatic N) is 2. The lowest BCUT2D eigenvalue weighted by Gasteiger charge is -2.37. The van der Waals surface area contributed by atoms with Crippen LogP contribution in [0.15, 0.2) is 63.0 Å². The number of unbranched alkanes of at least 4 members (excludes halogenated alkanes) is 1. The monoisotopic (exact) mass is 906 g/mol. The van der Waals surface area contributed by atoms with Crippen LogP contribution in [0, 0.1) is 3.57 Å². The van der Waals surface area contributed by atoms with Crippen LogP contribution in [0.4, 0.5) is 10.8 Å². The van der Waals surface area contributed by atoms with Crippen LogP contribution in [-0.2, 0) is 21.5 Å². The van der Waals surface area contributed by atoms with E-state index >= 15 is 0 Å². The van der Waals surface area contributed by atoms with Crippen LogP contribution >= 0.6 is 65.8 Å². The Balaban J connectivity index is 1.12. The Morgan fingerprint density at radius 3 is 2.71 bits per heavy atom. The van der Waals surface area contributed by atoms with Crippen LogP contribution in [0.5, 0.6) is 17.2 Å². The van der Waals surface area contributed by atoms with Gasteiger partial charge in [0.25, 0.3) is 5.91 Å². The van der Waals surface area contributed by atoms with Crippen molar-refractivity contribution in [2.24, 2.45) is 0 Å². The van der Waals surface area contributed by atoms with Gasteiger partial charge in [-0.25, -0.2) is 4.98 Å². The van der Waals surface area contributed by atoms with E-state index in [1.165, 1.54) is 11.3 Å². The molecule has 0 bridgehead atoms. The van der Waals surface area contributed by atoms with Crippen LogP contribution in [0.3, 0.4) is 0 Å². The molecule has 4 aromatic rings. The highest BCUT2D eigenvalue weighted by molar-refractivity contribution is 14.1. The van der Waals surface area contributed by atoms with Crippen molar-refractivity contribution in [2.45, 2.75) is 38.1 Å². The van der Waals surface area contributed by atoms with Gasteiger partial charge in [0, 0.05) is 51.3 Å². The highest BCUT2D eigenvalue weighted by Crippen LogP contribution is 2.42. The molecule has 3 heterocycles. The van der Waals surface area contributed by atoms with E-state index in [1.807, 2.05) is 53.6 Å². The summed E-state index contributed by atoms with van der Waals surface area (Å²) >= 11 is 10.4. The van der Waals surface area contributed by atoms with Crippen molar-refractivity contribution in [3.63, 3.8) is 0 Å². The molecular weight excluding hydrogens is 875 g/mol. The molecule has 0 radical (unpaired) electrons. The molecule has 1 unspecified atom stereocenters. The first-order chi connectivity index (χ1) is 23.1. The average molecular weight is 908 g/mol. The number of halogens is 3. The minimum atomic E-state index is -0.585. The van der Waals surface area contributed by atoms with Crippen molar-refractivity contribution in [1.29, 1.82) is 0 Å². The molecule has 250 valence electrons. The summed E-state index contributed by atoms with van der Waals surface area (Å²) in [4.78, 5) is 32.7. The van der Waals surface area contributed by atoms with Crippen molar-refractivity contribution in [2.75, 3.05) is 37.0 Å². The third-order valence-electron chi connectivity index (χ3n) is 8.49. The SMILES string of the molecule is COc1cc2c(cc1OCCCCN1C(=O)C(=Cc3cc(Br)c(O)c(Br)c3)c3cc(I)ccc31)C(C)(CC(=O)Nc1nccs1)NCC2. The lowest BCUT2D eigenvalue weighted by atomic mass is 9.81. The number of nitrogens with one attached hydrogen (secondary N) is 2. The first-order valence-corrected chi connectivity index (χ1v) is 18.9. The number of benzene rings is 3. The number of carbonyl (C=O) groups is 2. The van der Waals surface area contributed by atoms with Gasteiger partial charge in [-0.3, -0.25) is 9.59 Å². The number of phenols is 1. The lowest BCUT2D eigenvalue weighted by molar-refractivity contribution is -0.117. The number of rotatable bonds is 11. The van der Waals surface area contributed by atoms with Crippen LogP contribution in [0.2, 0.25) is 0 Å². The number of thiazole rings is 1. The second kappa shape index (κ2) is 14.9. The first kappa shape index (κ1) is 34.9. The van der Waals surface area contributed by atoms with Crippen LogP contribution in [0.1, 0.15) is 48.4 Å². The highest BCUT2D eigenvalue weighted by atomic mass is 127. The van der Waals surface area contributed by atoms with E-state index in [-0.39, 0.29) is 24.0 Å². The quantitative estimate of drug-likeness (QED) is 0.0792. The summed E-state index contributed by atoms with van der Waals surface area (Å²) in [6.45, 7) is 3.75. The molecule has 0 saturated carbocycles. The maximum Gasteiger partial charge on any atom is 0.258 e. The van der Waals surface area contributed by atoms with Gasteiger partial charge in [0.15, 0.2) is 16.6 Å². The Hall–Kier alpha value is -2.98. The number of carbonyl (C=O) groups excluding carboxylic acids is 2. The molecule has 2 aliphatic rings. The Bertz CT molecular complexity index is 1880. The van der Waals surface area contributed by atoms with Crippen LogP contribution < -0.4 is 25.0 Å². The molecule has 2 amide bonds. The maximum absolute atomic E-state index is 13.7. The second-order valence-electron chi connectivity index (χ2n) is 11.8. The van der Waals surface area contributed by atoms with Gasteiger partial charge in [-0.1, -0.05) is 0 Å². The third-order valence-corrected chi connectivity index (χ3v) is 11.1. The summed E-state index contributed by atoms with van der Waals surface area (Å²) in [7, 11) is 1.63. The molecule has 1 atom stereocenters. The van der Waals surface area contributed by atoms with Crippen LogP contribution in [0.25, 0.3) is 11.6 Å². The minimum absolute atomic E-state index is 0.0599. The molecule has 0 saturated heterocycles. The van der Waals surface area contributed by atoms with Gasteiger partial charge in [-0.2, -0.15) is 0 Å². The number of fused-ring (bicyclic) bond motifs is 2. The number of ether oxygens (including phenoxy) is 2. The molecule has 6 rings (SSSR count). The summed E-state index contributed by atoms with van der Waals surface area (Å²) in [5, 5.41) is 19.0. The molecule has 1 aromatic heterocycles. The summed E-state index contributed by atoms with van der Waals surface area (Å²) in [6.07, 6.45) is 6.03. The number of aromatic nitrogens is 1. The van der Waals surface area contributed by atoms with E-state index in [4.69, 9.17) is 9.47 Å². The zero-order valence-corrected chi connectivity index (χ0v) is 32.4. The molecule has 2 aliphatic heterocycles. The van der Waals surface area contributed by atoms with Crippen molar-refractivity contribution < 1.29 is 24.2 Å². The van der Waals surface area contributed by atoms with Gasteiger partial charge in [0.2, 0.25) is 5.91 Å². The number of anilines is 2. The Kier molecular flexibility index (Phi) is 10.8. The number of phenolic OH excluding ortho intramolecular Hbond substituents is 1. The zero-order valence-electron chi connectivity index (χ0n) is 26.2. The molecule has 0 fully saturated rings. The van der Waals surface area contributed by atoms with Gasteiger partial charge >= 0.3 is 0 Å².